The molecule has 2 aromatic rings. The monoisotopic (exact) mass is 298 g/mol. The Kier molecular flexibility index (Phi) is 3.85. The summed E-state index contributed by atoms with van der Waals surface area (Å²) in [5, 5.41) is -0.105. The van der Waals surface area contributed by atoms with Gasteiger partial charge in [-0.3, -0.25) is 0 Å². The van der Waals surface area contributed by atoms with Crippen molar-refractivity contribution < 1.29 is 18.3 Å². The van der Waals surface area contributed by atoms with Crippen LogP contribution in [0, 0.1) is 11.6 Å². The molecule has 1 aromatic heterocycles. The van der Waals surface area contributed by atoms with Gasteiger partial charge >= 0.3 is 5.97 Å². The molecule has 0 aliphatic heterocycles. The predicted molar refractivity (Wildman–Crippen MR) is 70.4 cm³/mol. The van der Waals surface area contributed by atoms with Gasteiger partial charge in [-0.15, -0.1) is 0 Å². The van der Waals surface area contributed by atoms with Crippen LogP contribution >= 0.6 is 11.6 Å². The number of pyridine rings is 1. The smallest absolute Gasteiger partial charge is 0.356 e. The maximum absolute atomic E-state index is 14.0. The summed E-state index contributed by atoms with van der Waals surface area (Å²) in [6.45, 7) is 0. The standard InChI is InChI=1S/C13H9ClF2N2O2/c1-20-13(19)10-5-9(17)11(16)12(18-10)6-2-3-7(14)8(15)4-6/h2-5H,1H3,(H2,17,18). The van der Waals surface area contributed by atoms with Crippen molar-refractivity contribution in [2.45, 2.75) is 0 Å². The van der Waals surface area contributed by atoms with E-state index in [9.17, 15) is 13.6 Å². The van der Waals surface area contributed by atoms with Gasteiger partial charge in [-0.25, -0.2) is 18.6 Å². The number of nitrogens with zero attached hydrogens (tertiary/aromatic N) is 1. The highest BCUT2D eigenvalue weighted by Crippen LogP contribution is 2.28. The molecule has 4 nitrogen and oxygen atoms in total. The summed E-state index contributed by atoms with van der Waals surface area (Å²) in [7, 11) is 1.16. The third-order valence-corrected chi connectivity index (χ3v) is 2.88. The molecule has 1 heterocycles. The van der Waals surface area contributed by atoms with Gasteiger partial charge < -0.3 is 10.5 Å². The normalized spacial score (nSPS) is 10.4. The Labute approximate surface area is 118 Å². The van der Waals surface area contributed by atoms with Gasteiger partial charge in [0.25, 0.3) is 0 Å². The molecule has 0 amide bonds. The first-order valence-corrected chi connectivity index (χ1v) is 5.81. The van der Waals surface area contributed by atoms with Crippen molar-refractivity contribution in [3.63, 3.8) is 0 Å². The number of hydrogen-bond acceptors (Lipinski definition) is 4. The van der Waals surface area contributed by atoms with Crippen molar-refractivity contribution in [1.29, 1.82) is 0 Å². The average Bonchev–Trinajstić information content (AvgIpc) is 2.44. The summed E-state index contributed by atoms with van der Waals surface area (Å²) in [5.74, 6) is -2.35. The molecule has 2 rings (SSSR count). The molecule has 0 unspecified atom stereocenters. The van der Waals surface area contributed by atoms with Crippen molar-refractivity contribution >= 4 is 23.3 Å². The summed E-state index contributed by atoms with van der Waals surface area (Å²) >= 11 is 5.56. The second kappa shape index (κ2) is 5.42. The van der Waals surface area contributed by atoms with Crippen LogP contribution in [0.25, 0.3) is 11.3 Å². The van der Waals surface area contributed by atoms with E-state index in [1.165, 1.54) is 12.1 Å². The van der Waals surface area contributed by atoms with Crippen LogP contribution < -0.4 is 5.73 Å². The Hall–Kier alpha value is -2.21. The fourth-order valence-electron chi connectivity index (χ4n) is 1.59. The van der Waals surface area contributed by atoms with Crippen LogP contribution in [-0.2, 0) is 4.74 Å². The number of halogens is 3. The van der Waals surface area contributed by atoms with Crippen molar-refractivity contribution in [1.82, 2.24) is 4.98 Å². The lowest BCUT2D eigenvalue weighted by atomic mass is 10.1. The molecule has 7 heteroatoms. The first kappa shape index (κ1) is 14.2. The van der Waals surface area contributed by atoms with Crippen LogP contribution in [0.4, 0.5) is 14.5 Å². The zero-order valence-electron chi connectivity index (χ0n) is 10.3. The molecule has 0 aliphatic carbocycles. The second-order valence-electron chi connectivity index (χ2n) is 3.88. The largest absolute Gasteiger partial charge is 0.464 e. The van der Waals surface area contributed by atoms with Crippen LogP contribution in [0.5, 0.6) is 0 Å². The Bertz CT molecular complexity index is 692. The van der Waals surface area contributed by atoms with Crippen molar-refractivity contribution in [2.24, 2.45) is 0 Å². The zero-order chi connectivity index (χ0) is 14.9. The number of anilines is 1. The van der Waals surface area contributed by atoms with E-state index < -0.39 is 17.6 Å². The van der Waals surface area contributed by atoms with Gasteiger partial charge in [0.2, 0.25) is 0 Å². The number of ether oxygens (including phenoxy) is 1. The quantitative estimate of drug-likeness (QED) is 0.865. The van der Waals surface area contributed by atoms with Gasteiger partial charge in [0.15, 0.2) is 11.5 Å². The summed E-state index contributed by atoms with van der Waals surface area (Å²) in [5.41, 5.74) is 4.88. The molecular weight excluding hydrogens is 290 g/mol. The Morgan fingerprint density at radius 2 is 2.05 bits per heavy atom. The van der Waals surface area contributed by atoms with Crippen LogP contribution in [0.3, 0.4) is 0 Å². The number of hydrogen-bond donors (Lipinski definition) is 1. The van der Waals surface area contributed by atoms with E-state index in [1.54, 1.807) is 0 Å². The Morgan fingerprint density at radius 1 is 1.35 bits per heavy atom. The molecule has 0 atom stereocenters. The van der Waals surface area contributed by atoms with Crippen LogP contribution in [0.15, 0.2) is 24.3 Å². The highest BCUT2D eigenvalue weighted by atomic mass is 35.5. The number of nitrogen functional groups attached to an aromatic ring is 1. The first-order valence-electron chi connectivity index (χ1n) is 5.43. The topological polar surface area (TPSA) is 65.2 Å². The molecule has 0 radical (unpaired) electrons. The molecule has 20 heavy (non-hydrogen) atoms. The highest BCUT2D eigenvalue weighted by molar-refractivity contribution is 6.30. The first-order chi connectivity index (χ1) is 9.43. The van der Waals surface area contributed by atoms with E-state index in [0.717, 1.165) is 19.2 Å². The van der Waals surface area contributed by atoms with Gasteiger partial charge in [-0.2, -0.15) is 0 Å². The summed E-state index contributed by atoms with van der Waals surface area (Å²) in [6, 6.07) is 4.69. The number of nitrogens with two attached hydrogens (primary N) is 1. The van der Waals surface area contributed by atoms with Crippen molar-refractivity contribution in [3.05, 3.63) is 46.6 Å². The Morgan fingerprint density at radius 3 is 2.65 bits per heavy atom. The maximum atomic E-state index is 14.0. The number of carbonyl (C=O) groups is 1. The van der Waals surface area contributed by atoms with E-state index >= 15 is 0 Å². The molecular formula is C13H9ClF2N2O2. The van der Waals surface area contributed by atoms with Gasteiger partial charge in [-0.05, 0) is 18.2 Å². The summed E-state index contributed by atoms with van der Waals surface area (Å²) in [6.07, 6.45) is 0. The Balaban J connectivity index is 2.63. The average molecular weight is 299 g/mol. The number of methoxy groups -OCH3 is 1. The molecule has 0 spiro atoms. The van der Waals surface area contributed by atoms with Crippen LogP contribution in [-0.4, -0.2) is 18.1 Å². The van der Waals surface area contributed by atoms with E-state index in [0.29, 0.717) is 0 Å². The second-order valence-corrected chi connectivity index (χ2v) is 4.29. The lowest BCUT2D eigenvalue weighted by Gasteiger charge is -2.08. The third-order valence-electron chi connectivity index (χ3n) is 2.57. The third kappa shape index (κ3) is 2.55. The van der Waals surface area contributed by atoms with Gasteiger partial charge in [-0.1, -0.05) is 17.7 Å². The molecule has 0 aliphatic rings. The minimum absolute atomic E-state index is 0.105. The zero-order valence-corrected chi connectivity index (χ0v) is 11.0. The van der Waals surface area contributed by atoms with Crippen molar-refractivity contribution in [2.75, 3.05) is 12.8 Å². The minimum Gasteiger partial charge on any atom is -0.464 e. The van der Waals surface area contributed by atoms with E-state index in [4.69, 9.17) is 17.3 Å². The van der Waals surface area contributed by atoms with Gasteiger partial charge in [0, 0.05) is 5.56 Å². The van der Waals surface area contributed by atoms with Gasteiger partial charge in [0.1, 0.15) is 11.5 Å². The number of carbonyl (C=O) groups excluding carboxylic acids is 1. The number of benzene rings is 1. The molecule has 2 N–H and O–H groups in total. The molecule has 1 aromatic carbocycles. The molecule has 0 saturated carbocycles. The van der Waals surface area contributed by atoms with Crippen LogP contribution in [0.2, 0.25) is 5.02 Å². The number of rotatable bonds is 2. The maximum Gasteiger partial charge on any atom is 0.356 e. The van der Waals surface area contributed by atoms with E-state index in [1.807, 2.05) is 0 Å². The molecule has 0 saturated heterocycles. The lowest BCUT2D eigenvalue weighted by molar-refractivity contribution is 0.0594. The number of aromatic nitrogens is 1. The fourth-order valence-corrected chi connectivity index (χ4v) is 1.71. The van der Waals surface area contributed by atoms with E-state index in [2.05, 4.69) is 9.72 Å². The molecule has 104 valence electrons. The molecule has 0 bridgehead atoms. The summed E-state index contributed by atoms with van der Waals surface area (Å²) in [4.78, 5) is 15.2. The highest BCUT2D eigenvalue weighted by Gasteiger charge is 2.17. The SMILES string of the molecule is COC(=O)c1cc(N)c(F)c(-c2ccc(Cl)c(F)c2)n1. The molecule has 0 fully saturated rings. The summed E-state index contributed by atoms with van der Waals surface area (Å²) < 4.78 is 31.9. The lowest BCUT2D eigenvalue weighted by Crippen LogP contribution is -2.08. The van der Waals surface area contributed by atoms with E-state index in [-0.39, 0.29) is 27.7 Å². The van der Waals surface area contributed by atoms with Gasteiger partial charge in [0.05, 0.1) is 17.8 Å². The number of esters is 1. The van der Waals surface area contributed by atoms with Crippen LogP contribution in [0.1, 0.15) is 10.5 Å². The van der Waals surface area contributed by atoms with Crippen molar-refractivity contribution in [3.8, 4) is 11.3 Å². The predicted octanol–water partition coefficient (Wildman–Crippen LogP) is 3.05. The minimum atomic E-state index is -0.848. The fraction of sp³-hybridized carbons (Fsp3) is 0.0769.